The Kier molecular flexibility index (Phi) is 6.07. The molecule has 1 amide bonds. The molecule has 0 saturated heterocycles. The summed E-state index contributed by atoms with van der Waals surface area (Å²) in [4.78, 5) is 13.5. The Bertz CT molecular complexity index is 1060. The lowest BCUT2D eigenvalue weighted by atomic mass is 10.1. The molecule has 1 N–H and O–H groups in total. The smallest absolute Gasteiger partial charge is 0.230 e. The minimum atomic E-state index is -0.0435. The number of hydrogen-bond donors (Lipinski definition) is 1. The van der Waals surface area contributed by atoms with E-state index >= 15 is 0 Å². The Hall–Kier alpha value is -2.90. The standard InChI is InChI=1S/C22H20N4OS2/c1-16(17-9-4-2-5-10-17)23-20(27)15-29-22-25-24-21(19-13-8-14-28-19)26(22)18-11-6-3-7-12-18/h2-14,16H,15H2,1H3,(H,23,27)/t16-/m1/s1. The largest absolute Gasteiger partial charge is 0.349 e. The number of aromatic nitrogens is 3. The van der Waals surface area contributed by atoms with Crippen LogP contribution < -0.4 is 5.32 Å². The van der Waals surface area contributed by atoms with Crippen LogP contribution in [-0.4, -0.2) is 26.4 Å². The van der Waals surface area contributed by atoms with Gasteiger partial charge in [0.1, 0.15) is 0 Å². The van der Waals surface area contributed by atoms with E-state index in [9.17, 15) is 4.79 Å². The first-order valence-electron chi connectivity index (χ1n) is 9.24. The maximum absolute atomic E-state index is 12.5. The zero-order valence-corrected chi connectivity index (χ0v) is 17.5. The number of para-hydroxylation sites is 1. The highest BCUT2D eigenvalue weighted by Gasteiger charge is 2.18. The van der Waals surface area contributed by atoms with Crippen molar-refractivity contribution in [3.63, 3.8) is 0 Å². The third-order valence-electron chi connectivity index (χ3n) is 4.40. The first-order chi connectivity index (χ1) is 14.2. The molecule has 0 aliphatic rings. The van der Waals surface area contributed by atoms with E-state index in [0.717, 1.165) is 22.0 Å². The van der Waals surface area contributed by atoms with Gasteiger partial charge in [-0.25, -0.2) is 0 Å². The molecule has 0 bridgehead atoms. The van der Waals surface area contributed by atoms with Gasteiger partial charge in [-0.05, 0) is 36.1 Å². The number of thioether (sulfide) groups is 1. The van der Waals surface area contributed by atoms with E-state index < -0.39 is 0 Å². The van der Waals surface area contributed by atoms with E-state index in [4.69, 9.17) is 0 Å². The quantitative estimate of drug-likeness (QED) is 0.429. The monoisotopic (exact) mass is 420 g/mol. The molecule has 2 aromatic heterocycles. The van der Waals surface area contributed by atoms with Gasteiger partial charge in [0.2, 0.25) is 5.91 Å². The molecule has 29 heavy (non-hydrogen) atoms. The third-order valence-corrected chi connectivity index (χ3v) is 6.19. The van der Waals surface area contributed by atoms with Crippen molar-refractivity contribution in [1.82, 2.24) is 20.1 Å². The van der Waals surface area contributed by atoms with Gasteiger partial charge in [-0.15, -0.1) is 21.5 Å². The topological polar surface area (TPSA) is 59.8 Å². The molecule has 0 unspecified atom stereocenters. The number of carbonyl (C=O) groups excluding carboxylic acids is 1. The summed E-state index contributed by atoms with van der Waals surface area (Å²) in [7, 11) is 0. The molecule has 2 aromatic carbocycles. The molecule has 4 aromatic rings. The Labute approximate surface area is 177 Å². The van der Waals surface area contributed by atoms with Crippen molar-refractivity contribution in [3.8, 4) is 16.4 Å². The van der Waals surface area contributed by atoms with Crippen LogP contribution in [0.4, 0.5) is 0 Å². The second kappa shape index (κ2) is 9.07. The fourth-order valence-corrected chi connectivity index (χ4v) is 4.44. The van der Waals surface area contributed by atoms with Gasteiger partial charge in [0.05, 0.1) is 16.7 Å². The van der Waals surface area contributed by atoms with Gasteiger partial charge in [0.15, 0.2) is 11.0 Å². The molecule has 1 atom stereocenters. The molecule has 2 heterocycles. The number of benzene rings is 2. The van der Waals surface area contributed by atoms with Crippen LogP contribution in [0.5, 0.6) is 0 Å². The molecular weight excluding hydrogens is 400 g/mol. The van der Waals surface area contributed by atoms with Gasteiger partial charge in [-0.2, -0.15) is 0 Å². The SMILES string of the molecule is C[C@@H](NC(=O)CSc1nnc(-c2cccs2)n1-c1ccccc1)c1ccccc1. The highest BCUT2D eigenvalue weighted by molar-refractivity contribution is 7.99. The second-order valence-corrected chi connectivity index (χ2v) is 8.33. The van der Waals surface area contributed by atoms with Gasteiger partial charge < -0.3 is 5.32 Å². The highest BCUT2D eigenvalue weighted by atomic mass is 32.2. The molecule has 0 aliphatic heterocycles. The van der Waals surface area contributed by atoms with E-state index in [-0.39, 0.29) is 17.7 Å². The normalized spacial score (nSPS) is 11.9. The number of rotatable bonds is 7. The third kappa shape index (κ3) is 4.58. The number of carbonyl (C=O) groups is 1. The van der Waals surface area contributed by atoms with Crippen molar-refractivity contribution in [2.24, 2.45) is 0 Å². The minimum absolute atomic E-state index is 0.0355. The van der Waals surface area contributed by atoms with E-state index in [2.05, 4.69) is 15.5 Å². The Balaban J connectivity index is 1.51. The van der Waals surface area contributed by atoms with Crippen LogP contribution in [0.25, 0.3) is 16.4 Å². The number of nitrogens with zero attached hydrogens (tertiary/aromatic N) is 3. The lowest BCUT2D eigenvalue weighted by Gasteiger charge is -2.14. The molecule has 0 spiro atoms. The molecule has 4 rings (SSSR count). The average Bonchev–Trinajstić information content (AvgIpc) is 3.43. The van der Waals surface area contributed by atoms with Gasteiger partial charge in [-0.1, -0.05) is 66.4 Å². The summed E-state index contributed by atoms with van der Waals surface area (Å²) >= 11 is 3.00. The summed E-state index contributed by atoms with van der Waals surface area (Å²) in [5.41, 5.74) is 2.06. The van der Waals surface area contributed by atoms with Crippen LogP contribution in [0.1, 0.15) is 18.5 Å². The molecule has 0 aliphatic carbocycles. The number of hydrogen-bond acceptors (Lipinski definition) is 5. The zero-order chi connectivity index (χ0) is 20.1. The summed E-state index contributed by atoms with van der Waals surface area (Å²) in [5, 5.41) is 14.5. The molecular formula is C22H20N4OS2. The molecule has 146 valence electrons. The molecule has 0 saturated carbocycles. The van der Waals surface area contributed by atoms with Gasteiger partial charge >= 0.3 is 0 Å². The van der Waals surface area contributed by atoms with Crippen LogP contribution in [0, 0.1) is 0 Å². The summed E-state index contributed by atoms with van der Waals surface area (Å²) in [6.45, 7) is 1.99. The average molecular weight is 421 g/mol. The van der Waals surface area contributed by atoms with Crippen LogP contribution >= 0.6 is 23.1 Å². The highest BCUT2D eigenvalue weighted by Crippen LogP contribution is 2.30. The summed E-state index contributed by atoms with van der Waals surface area (Å²) in [6, 6.07) is 23.9. The Morgan fingerprint density at radius 3 is 2.45 bits per heavy atom. The number of thiophene rings is 1. The van der Waals surface area contributed by atoms with Crippen LogP contribution in [-0.2, 0) is 4.79 Å². The van der Waals surface area contributed by atoms with Gasteiger partial charge in [0, 0.05) is 5.69 Å². The van der Waals surface area contributed by atoms with Crippen molar-refractivity contribution in [2.75, 3.05) is 5.75 Å². The van der Waals surface area contributed by atoms with Crippen molar-refractivity contribution in [1.29, 1.82) is 0 Å². The van der Waals surface area contributed by atoms with E-state index in [1.54, 1.807) is 11.3 Å². The summed E-state index contributed by atoms with van der Waals surface area (Å²) in [6.07, 6.45) is 0. The van der Waals surface area contributed by atoms with E-state index in [1.165, 1.54) is 11.8 Å². The van der Waals surface area contributed by atoms with Crippen molar-refractivity contribution in [2.45, 2.75) is 18.1 Å². The summed E-state index contributed by atoms with van der Waals surface area (Å²) in [5.74, 6) is 1.02. The maximum atomic E-state index is 12.5. The fourth-order valence-electron chi connectivity index (χ4n) is 2.98. The fraction of sp³-hybridized carbons (Fsp3) is 0.136. The first kappa shape index (κ1) is 19.4. The lowest BCUT2D eigenvalue weighted by molar-refractivity contribution is -0.119. The van der Waals surface area contributed by atoms with Crippen LogP contribution in [0.2, 0.25) is 0 Å². The molecule has 0 radical (unpaired) electrons. The van der Waals surface area contributed by atoms with Crippen LogP contribution in [0.15, 0.2) is 83.3 Å². The van der Waals surface area contributed by atoms with Crippen LogP contribution in [0.3, 0.4) is 0 Å². The first-order valence-corrected chi connectivity index (χ1v) is 11.1. The van der Waals surface area contributed by atoms with Crippen molar-refractivity contribution >= 4 is 29.0 Å². The van der Waals surface area contributed by atoms with E-state index in [1.807, 2.05) is 89.7 Å². The molecule has 7 heteroatoms. The maximum Gasteiger partial charge on any atom is 0.230 e. The van der Waals surface area contributed by atoms with Crippen molar-refractivity contribution in [3.05, 3.63) is 83.7 Å². The van der Waals surface area contributed by atoms with Gasteiger partial charge in [0.25, 0.3) is 0 Å². The predicted octanol–water partition coefficient (Wildman–Crippen LogP) is 4.97. The predicted molar refractivity (Wildman–Crippen MR) is 118 cm³/mol. The Morgan fingerprint density at radius 2 is 1.76 bits per heavy atom. The second-order valence-electron chi connectivity index (χ2n) is 6.44. The lowest BCUT2D eigenvalue weighted by Crippen LogP contribution is -2.28. The summed E-state index contributed by atoms with van der Waals surface area (Å²) < 4.78 is 2.00. The molecule has 5 nitrogen and oxygen atoms in total. The number of amides is 1. The van der Waals surface area contributed by atoms with Crippen molar-refractivity contribution < 1.29 is 4.79 Å². The van der Waals surface area contributed by atoms with Gasteiger partial charge in [-0.3, -0.25) is 9.36 Å². The Morgan fingerprint density at radius 1 is 1.03 bits per heavy atom. The minimum Gasteiger partial charge on any atom is -0.349 e. The zero-order valence-electron chi connectivity index (χ0n) is 15.9. The molecule has 0 fully saturated rings. The van der Waals surface area contributed by atoms with E-state index in [0.29, 0.717) is 5.16 Å². The number of nitrogens with one attached hydrogen (secondary N) is 1.